The van der Waals surface area contributed by atoms with E-state index in [9.17, 15) is 9.59 Å². The van der Waals surface area contributed by atoms with E-state index in [0.29, 0.717) is 27.4 Å². The van der Waals surface area contributed by atoms with Gasteiger partial charge in [0.2, 0.25) is 5.56 Å². The van der Waals surface area contributed by atoms with Gasteiger partial charge in [-0.3, -0.25) is 9.36 Å². The maximum Gasteiger partial charge on any atom is 0.326 e. The first kappa shape index (κ1) is 22.3. The minimum Gasteiger partial charge on any atom is -0.437 e. The first-order valence-corrected chi connectivity index (χ1v) is 9.03. The predicted octanol–water partition coefficient (Wildman–Crippen LogP) is 3.96. The van der Waals surface area contributed by atoms with Gasteiger partial charge in [-0.1, -0.05) is 74.1 Å². The molecule has 2 aromatic carbocycles. The normalized spacial score (nSPS) is 10.1. The Balaban J connectivity index is 0.000000906. The molecule has 0 atom stereocenters. The fourth-order valence-corrected chi connectivity index (χ4v) is 3.12. The fourth-order valence-electron chi connectivity index (χ4n) is 2.90. The molecule has 0 bridgehead atoms. The van der Waals surface area contributed by atoms with Crippen LogP contribution >= 0.6 is 11.6 Å². The van der Waals surface area contributed by atoms with E-state index in [2.05, 4.69) is 6.20 Å². The Morgan fingerprint density at radius 2 is 1.54 bits per heavy atom. The molecule has 4 aromatic rings. The average Bonchev–Trinajstić information content (AvgIpc) is 3.13. The van der Waals surface area contributed by atoms with Crippen molar-refractivity contribution < 1.29 is 32.7 Å². The Kier molecular flexibility index (Phi) is 7.58. The zero-order chi connectivity index (χ0) is 19.6. The molecule has 7 heteroatoms. The third kappa shape index (κ3) is 3.79. The van der Waals surface area contributed by atoms with Crippen LogP contribution in [0.5, 0.6) is 0 Å². The number of nitrogens with zero attached hydrogens (tertiary/aromatic N) is 3. The summed E-state index contributed by atoms with van der Waals surface area (Å²) in [4.78, 5) is 25.5. The van der Waals surface area contributed by atoms with Gasteiger partial charge in [-0.05, 0) is 23.3 Å². The van der Waals surface area contributed by atoms with Gasteiger partial charge in [-0.25, -0.2) is 4.79 Å². The largest absolute Gasteiger partial charge is 0.437 e. The first-order valence-electron chi connectivity index (χ1n) is 8.65. The Morgan fingerprint density at radius 1 is 0.929 bits per heavy atom. The Bertz CT molecular complexity index is 1210. The van der Waals surface area contributed by atoms with Crippen molar-refractivity contribution in [2.75, 3.05) is 0 Å². The number of para-hydroxylation sites is 2. The van der Waals surface area contributed by atoms with Crippen LogP contribution < -0.4 is 11.2 Å². The fraction of sp³-hybridized carbons (Fsp3) is 0.143. The van der Waals surface area contributed by atoms with E-state index in [1.54, 1.807) is 22.8 Å². The van der Waals surface area contributed by atoms with E-state index in [1.165, 1.54) is 11.6 Å². The number of hydrogen-bond acceptors (Lipinski definition) is 2. The van der Waals surface area contributed by atoms with Gasteiger partial charge >= 0.3 is 5.69 Å². The van der Waals surface area contributed by atoms with Crippen LogP contribution in [0.4, 0.5) is 0 Å². The summed E-state index contributed by atoms with van der Waals surface area (Å²) in [6.07, 6.45) is 3.04. The van der Waals surface area contributed by atoms with Gasteiger partial charge in [-0.15, -0.1) is 6.07 Å². The van der Waals surface area contributed by atoms with Crippen molar-refractivity contribution in [1.29, 1.82) is 0 Å². The van der Waals surface area contributed by atoms with Crippen LogP contribution in [0.1, 0.15) is 13.8 Å². The summed E-state index contributed by atoms with van der Waals surface area (Å²) in [5.41, 5.74) is 1.34. The van der Waals surface area contributed by atoms with E-state index in [4.69, 9.17) is 11.6 Å². The van der Waals surface area contributed by atoms with E-state index < -0.39 is 11.2 Å². The van der Waals surface area contributed by atoms with Crippen LogP contribution in [0.15, 0.2) is 70.3 Å². The predicted molar refractivity (Wildman–Crippen MR) is 109 cm³/mol. The van der Waals surface area contributed by atoms with E-state index in [-0.39, 0.29) is 32.7 Å². The van der Waals surface area contributed by atoms with Crippen molar-refractivity contribution in [1.82, 2.24) is 13.7 Å². The molecular weight excluding hydrogens is 451 g/mol. The van der Waals surface area contributed by atoms with Gasteiger partial charge in [0.1, 0.15) is 0 Å². The van der Waals surface area contributed by atoms with Crippen molar-refractivity contribution >= 4 is 22.6 Å². The molecule has 0 saturated carbocycles. The summed E-state index contributed by atoms with van der Waals surface area (Å²) in [6.45, 7) is 4.00. The van der Waals surface area contributed by atoms with Crippen LogP contribution in [-0.4, -0.2) is 13.7 Å². The van der Waals surface area contributed by atoms with Gasteiger partial charge in [0, 0.05) is 56.0 Å². The quantitative estimate of drug-likeness (QED) is 0.417. The van der Waals surface area contributed by atoms with Crippen molar-refractivity contribution in [3.63, 3.8) is 0 Å². The van der Waals surface area contributed by atoms with Gasteiger partial charge in [0.05, 0.1) is 0 Å². The van der Waals surface area contributed by atoms with Gasteiger partial charge in [0.25, 0.3) is 0 Å². The molecule has 0 unspecified atom stereocenters. The van der Waals surface area contributed by atoms with Crippen LogP contribution in [0, 0.1) is 6.20 Å². The second kappa shape index (κ2) is 9.50. The SMILES string of the molecule is CC.Cn1c(=O)c2c(c[c-]n2-c2ccccc2Cl)n(-c2ccccc2)c1=O.[Y]. The maximum absolute atomic E-state index is 12.8. The molecule has 0 saturated heterocycles. The second-order valence-electron chi connectivity index (χ2n) is 5.61. The third-order valence-corrected chi connectivity index (χ3v) is 4.45. The Hall–Kier alpha value is -1.95. The summed E-state index contributed by atoms with van der Waals surface area (Å²) in [5.74, 6) is 0. The van der Waals surface area contributed by atoms with Crippen LogP contribution in [0.3, 0.4) is 0 Å². The summed E-state index contributed by atoms with van der Waals surface area (Å²) >= 11 is 6.28. The van der Waals surface area contributed by atoms with Gasteiger partial charge < -0.3 is 9.13 Å². The molecule has 1 radical (unpaired) electrons. The van der Waals surface area contributed by atoms with Crippen LogP contribution in [0.25, 0.3) is 22.4 Å². The molecule has 5 nitrogen and oxygen atoms in total. The average molecular weight is 470 g/mol. The van der Waals surface area contributed by atoms with Crippen LogP contribution in [0.2, 0.25) is 5.02 Å². The molecule has 0 fully saturated rings. The molecule has 0 amide bonds. The van der Waals surface area contributed by atoms with Crippen molar-refractivity contribution in [3.8, 4) is 11.4 Å². The van der Waals surface area contributed by atoms with Crippen molar-refractivity contribution in [2.24, 2.45) is 7.05 Å². The minimum absolute atomic E-state index is 0. The van der Waals surface area contributed by atoms with E-state index in [0.717, 1.165) is 4.57 Å². The van der Waals surface area contributed by atoms with Crippen molar-refractivity contribution in [3.05, 3.63) is 92.7 Å². The molecule has 28 heavy (non-hydrogen) atoms. The molecule has 2 aromatic heterocycles. The molecule has 0 spiro atoms. The van der Waals surface area contributed by atoms with E-state index in [1.807, 2.05) is 56.3 Å². The van der Waals surface area contributed by atoms with Crippen LogP contribution in [-0.2, 0) is 39.8 Å². The summed E-state index contributed by atoms with van der Waals surface area (Å²) in [5, 5.41) is 0.496. The number of halogens is 1. The smallest absolute Gasteiger partial charge is 0.326 e. The third-order valence-electron chi connectivity index (χ3n) is 4.13. The Morgan fingerprint density at radius 3 is 2.18 bits per heavy atom. The number of hydrogen-bond donors (Lipinski definition) is 0. The second-order valence-corrected chi connectivity index (χ2v) is 6.02. The molecule has 2 heterocycles. The molecular formula is C21H19ClN3O2Y-. The monoisotopic (exact) mass is 469 g/mol. The number of fused-ring (bicyclic) bond motifs is 1. The topological polar surface area (TPSA) is 48.9 Å². The summed E-state index contributed by atoms with van der Waals surface area (Å²) in [6, 6.07) is 18.0. The van der Waals surface area contributed by atoms with E-state index >= 15 is 0 Å². The number of aromatic nitrogens is 3. The molecule has 0 aliphatic carbocycles. The molecule has 4 rings (SSSR count). The van der Waals surface area contributed by atoms with Crippen molar-refractivity contribution in [2.45, 2.75) is 13.8 Å². The first-order chi connectivity index (χ1) is 13.1. The minimum atomic E-state index is -0.408. The summed E-state index contributed by atoms with van der Waals surface area (Å²) < 4.78 is 4.19. The summed E-state index contributed by atoms with van der Waals surface area (Å²) in [7, 11) is 1.47. The molecule has 0 aliphatic rings. The Labute approximate surface area is 193 Å². The van der Waals surface area contributed by atoms with Gasteiger partial charge in [-0.2, -0.15) is 0 Å². The molecule has 0 aliphatic heterocycles. The molecule has 141 valence electrons. The standard InChI is InChI=1S/C19H13ClN3O2.C2H6.Y/c1-21-18(24)17-16(23(19(21)25)13-7-3-2-4-8-13)11-12-22(17)15-10-6-5-9-14(15)20;1-2;/h2-11H,1H3;1-2H3;/q-1;;. The molecule has 0 N–H and O–H groups in total. The van der Waals surface area contributed by atoms with Gasteiger partial charge in [0.15, 0.2) is 0 Å². The number of rotatable bonds is 2. The zero-order valence-electron chi connectivity index (χ0n) is 15.9. The number of benzene rings is 2. The maximum atomic E-state index is 12.8. The zero-order valence-corrected chi connectivity index (χ0v) is 19.5.